The Balaban J connectivity index is 1.27. The second-order valence-corrected chi connectivity index (χ2v) is 16.2. The van der Waals surface area contributed by atoms with Crippen LogP contribution in [0.1, 0.15) is 80.9 Å². The van der Waals surface area contributed by atoms with E-state index in [4.69, 9.17) is 4.74 Å². The quantitative estimate of drug-likeness (QED) is 0.357. The summed E-state index contributed by atoms with van der Waals surface area (Å²) in [6, 6.07) is 2.10. The molecular formula is C35H42F3N5O8S. The van der Waals surface area contributed by atoms with E-state index in [1.807, 2.05) is 35.1 Å². The first-order valence-electron chi connectivity index (χ1n) is 17.5. The van der Waals surface area contributed by atoms with E-state index in [0.717, 1.165) is 21.6 Å². The lowest BCUT2D eigenvalue weighted by Crippen LogP contribution is -2.58. The number of sulfonamides is 1. The molecule has 5 amide bonds. The third-order valence-corrected chi connectivity index (χ3v) is 12.1. The molecule has 282 valence electrons. The van der Waals surface area contributed by atoms with Crippen molar-refractivity contribution in [2.45, 2.75) is 112 Å². The third-order valence-electron chi connectivity index (χ3n) is 10.3. The van der Waals surface area contributed by atoms with E-state index in [-0.39, 0.29) is 32.4 Å². The summed E-state index contributed by atoms with van der Waals surface area (Å²) in [5.74, 6) is -4.61. The Hall–Kier alpha value is -4.41. The molecule has 1 saturated heterocycles. The number of allylic oxidation sites excluding steroid dienone is 1. The second kappa shape index (κ2) is 14.5. The van der Waals surface area contributed by atoms with Gasteiger partial charge in [0.25, 0.3) is 5.91 Å². The van der Waals surface area contributed by atoms with Crippen molar-refractivity contribution in [2.75, 3.05) is 6.54 Å². The van der Waals surface area contributed by atoms with Crippen LogP contribution >= 0.6 is 0 Å². The van der Waals surface area contributed by atoms with E-state index < -0.39 is 93.8 Å². The number of rotatable bonds is 7. The molecule has 17 heteroatoms. The van der Waals surface area contributed by atoms with Crippen molar-refractivity contribution in [3.63, 3.8) is 0 Å². The zero-order valence-electron chi connectivity index (χ0n) is 28.5. The van der Waals surface area contributed by atoms with Crippen LogP contribution in [0, 0.1) is 5.92 Å². The highest BCUT2D eigenvalue weighted by molar-refractivity contribution is 7.91. The van der Waals surface area contributed by atoms with E-state index in [2.05, 4.69) is 17.2 Å². The molecular weight excluding hydrogens is 707 g/mol. The fourth-order valence-electron chi connectivity index (χ4n) is 7.18. The van der Waals surface area contributed by atoms with Crippen LogP contribution in [0.25, 0.3) is 6.08 Å². The molecule has 5 aliphatic rings. The van der Waals surface area contributed by atoms with Gasteiger partial charge in [-0.1, -0.05) is 42.8 Å². The summed E-state index contributed by atoms with van der Waals surface area (Å²) in [5.41, 5.74) is 1.05. The Morgan fingerprint density at radius 2 is 1.88 bits per heavy atom. The predicted molar refractivity (Wildman–Crippen MR) is 180 cm³/mol. The number of nitrogens with zero attached hydrogens (tertiary/aromatic N) is 2. The number of ether oxygens (including phenoxy) is 1. The Morgan fingerprint density at radius 1 is 1.12 bits per heavy atom. The molecule has 0 unspecified atom stereocenters. The fourth-order valence-corrected chi connectivity index (χ4v) is 8.54. The van der Waals surface area contributed by atoms with Gasteiger partial charge in [-0.05, 0) is 55.2 Å². The average molecular weight is 750 g/mol. The molecule has 13 nitrogen and oxygen atoms in total. The van der Waals surface area contributed by atoms with E-state index in [9.17, 15) is 45.6 Å². The standard InChI is InChI=1S/C35H42F3N5O8S/c1-2-23-16-34(23,32(47)41-52(49,50)25-13-14-25)40-30(45)28-15-24-19-43(28)31(46)27(17-35(36,37)38)39-29(44)12-7-5-3-4-6-9-21-10-8-11-22-18-42(20-26(21)22)33(48)51-24/h2,6,8-11,23-25,27-28H,1,3-5,7,12-20H2,(H,39,44)(H,40,45)(H,41,47)/b9-6+/t23-,24+,27-,28-,34+/m0/s1. The molecule has 0 aromatic heterocycles. The number of fused-ring (bicyclic) bond motifs is 3. The number of nitrogens with one attached hydrogen (secondary N) is 3. The number of carbonyl (C=O) groups is 5. The largest absolute Gasteiger partial charge is 0.444 e. The van der Waals surface area contributed by atoms with Gasteiger partial charge in [-0.25, -0.2) is 13.2 Å². The normalized spacial score (nSPS) is 29.1. The fraction of sp³-hybridized carbons (Fsp3) is 0.571. The average Bonchev–Trinajstić information content (AvgIpc) is 3.96. The van der Waals surface area contributed by atoms with Crippen molar-refractivity contribution in [2.24, 2.45) is 5.92 Å². The zero-order chi connectivity index (χ0) is 37.4. The van der Waals surface area contributed by atoms with Crippen LogP contribution in [-0.4, -0.2) is 89.6 Å². The number of alkyl halides is 3. The van der Waals surface area contributed by atoms with Crippen molar-refractivity contribution in [1.29, 1.82) is 0 Å². The lowest BCUT2D eigenvalue weighted by Gasteiger charge is -2.30. The molecule has 0 spiro atoms. The monoisotopic (exact) mass is 749 g/mol. The first kappa shape index (κ1) is 37.4. The lowest BCUT2D eigenvalue weighted by atomic mass is 10.0. The Kier molecular flexibility index (Phi) is 10.4. The van der Waals surface area contributed by atoms with Crippen LogP contribution in [0.15, 0.2) is 36.9 Å². The minimum absolute atomic E-state index is 0.00715. The van der Waals surface area contributed by atoms with Gasteiger partial charge in [-0.3, -0.25) is 28.8 Å². The molecule has 1 aromatic rings. The Bertz CT molecular complexity index is 1780. The third kappa shape index (κ3) is 8.29. The van der Waals surface area contributed by atoms with Crippen molar-refractivity contribution >= 4 is 45.8 Å². The van der Waals surface area contributed by atoms with Crippen LogP contribution in [0.3, 0.4) is 0 Å². The molecule has 6 rings (SSSR count). The molecule has 3 N–H and O–H groups in total. The van der Waals surface area contributed by atoms with Gasteiger partial charge in [0.15, 0.2) is 0 Å². The minimum atomic E-state index is -4.87. The number of hydrogen-bond acceptors (Lipinski definition) is 8. The van der Waals surface area contributed by atoms with E-state index in [1.165, 1.54) is 11.0 Å². The maximum atomic E-state index is 14.0. The zero-order valence-corrected chi connectivity index (χ0v) is 29.3. The number of halogens is 3. The van der Waals surface area contributed by atoms with E-state index in [0.29, 0.717) is 38.5 Å². The van der Waals surface area contributed by atoms with Crippen LogP contribution in [0.5, 0.6) is 0 Å². The summed E-state index contributed by atoms with van der Waals surface area (Å²) in [5, 5.41) is 4.02. The topological polar surface area (TPSA) is 171 Å². The molecule has 2 saturated carbocycles. The van der Waals surface area contributed by atoms with Gasteiger partial charge in [0.1, 0.15) is 23.7 Å². The number of hydrogen-bond donors (Lipinski definition) is 3. The maximum Gasteiger partial charge on any atom is 0.410 e. The number of amides is 5. The van der Waals surface area contributed by atoms with E-state index in [1.54, 1.807) is 0 Å². The van der Waals surface area contributed by atoms with E-state index >= 15 is 0 Å². The minimum Gasteiger partial charge on any atom is -0.444 e. The highest BCUT2D eigenvalue weighted by Gasteiger charge is 2.62. The molecule has 52 heavy (non-hydrogen) atoms. The number of benzene rings is 1. The van der Waals surface area contributed by atoms with Crippen LogP contribution in [-0.2, 0) is 47.0 Å². The summed E-state index contributed by atoms with van der Waals surface area (Å²) in [4.78, 5) is 69.8. The van der Waals surface area contributed by atoms with Gasteiger partial charge in [0.2, 0.25) is 27.7 Å². The molecule has 4 bridgehead atoms. The molecule has 0 radical (unpaired) electrons. The molecule has 3 aliphatic heterocycles. The van der Waals surface area contributed by atoms with Gasteiger partial charge in [0, 0.05) is 25.3 Å². The predicted octanol–water partition coefficient (Wildman–Crippen LogP) is 3.19. The highest BCUT2D eigenvalue weighted by Crippen LogP contribution is 2.45. The Morgan fingerprint density at radius 3 is 2.58 bits per heavy atom. The van der Waals surface area contributed by atoms with Crippen molar-refractivity contribution < 1.29 is 50.3 Å². The van der Waals surface area contributed by atoms with Crippen molar-refractivity contribution in [1.82, 2.24) is 25.2 Å². The van der Waals surface area contributed by atoms with Crippen LogP contribution in [0.4, 0.5) is 18.0 Å². The highest BCUT2D eigenvalue weighted by atomic mass is 32.2. The van der Waals surface area contributed by atoms with Crippen molar-refractivity contribution in [3.05, 3.63) is 53.6 Å². The molecule has 5 atom stereocenters. The summed E-state index contributed by atoms with van der Waals surface area (Å²) in [6.45, 7) is 3.66. The van der Waals surface area contributed by atoms with Gasteiger partial charge in [0.05, 0.1) is 24.8 Å². The van der Waals surface area contributed by atoms with Gasteiger partial charge in [-0.15, -0.1) is 6.58 Å². The van der Waals surface area contributed by atoms with Crippen LogP contribution in [0.2, 0.25) is 0 Å². The smallest absolute Gasteiger partial charge is 0.410 e. The summed E-state index contributed by atoms with van der Waals surface area (Å²) < 4.78 is 74.3. The summed E-state index contributed by atoms with van der Waals surface area (Å²) in [7, 11) is -4.00. The first-order chi connectivity index (χ1) is 24.6. The van der Waals surface area contributed by atoms with Crippen LogP contribution < -0.4 is 15.4 Å². The first-order valence-corrected chi connectivity index (χ1v) is 19.0. The summed E-state index contributed by atoms with van der Waals surface area (Å²) >= 11 is 0. The number of carbonyl (C=O) groups excluding carboxylic acids is 5. The van der Waals surface area contributed by atoms with Gasteiger partial charge in [-0.2, -0.15) is 13.2 Å². The maximum absolute atomic E-state index is 14.0. The van der Waals surface area contributed by atoms with Gasteiger partial charge < -0.3 is 20.3 Å². The van der Waals surface area contributed by atoms with Gasteiger partial charge >= 0.3 is 12.3 Å². The molecule has 2 aliphatic carbocycles. The second-order valence-electron chi connectivity index (χ2n) is 14.2. The SMILES string of the molecule is C=C[C@H]1C[C@]1(NC(=O)[C@@H]1C[C@@H]2CN1C(=O)[C@H](CC(F)(F)F)NC(=O)CCCCC/C=C/c1cccc3c1CN(C3)C(=O)O2)C(=O)NS(=O)(=O)C1CC1. The molecule has 3 heterocycles. The van der Waals surface area contributed by atoms with Crippen molar-refractivity contribution in [3.8, 4) is 0 Å². The molecule has 3 fully saturated rings. The summed E-state index contributed by atoms with van der Waals surface area (Å²) in [6.07, 6.45) is -0.462. The Labute approximate surface area is 299 Å². The molecule has 1 aromatic carbocycles. The lowest BCUT2D eigenvalue weighted by molar-refractivity contribution is -0.157.